The summed E-state index contributed by atoms with van der Waals surface area (Å²) in [4.78, 5) is 0.0126. The molecule has 0 aliphatic rings. The summed E-state index contributed by atoms with van der Waals surface area (Å²) in [6.07, 6.45) is 1.72. The molecule has 2 rings (SSSR count). The van der Waals surface area contributed by atoms with Crippen LogP contribution in [0.1, 0.15) is 5.69 Å². The number of rotatable bonds is 2. The average Bonchev–Trinajstić information content (AvgIpc) is 2.56. The van der Waals surface area contributed by atoms with Crippen molar-refractivity contribution in [1.82, 2.24) is 9.78 Å². The molecule has 0 unspecified atom stereocenters. The van der Waals surface area contributed by atoms with Gasteiger partial charge < -0.3 is 5.73 Å². The number of sulfonamides is 1. The molecule has 0 amide bonds. The Morgan fingerprint density at radius 1 is 1.33 bits per heavy atom. The lowest BCUT2D eigenvalue weighted by Gasteiger charge is -2.09. The van der Waals surface area contributed by atoms with Gasteiger partial charge in [-0.15, -0.1) is 0 Å². The second kappa shape index (κ2) is 4.11. The van der Waals surface area contributed by atoms with Gasteiger partial charge in [0.25, 0.3) is 0 Å². The van der Waals surface area contributed by atoms with Gasteiger partial charge in [-0.05, 0) is 19.1 Å². The van der Waals surface area contributed by atoms with Gasteiger partial charge in [0.2, 0.25) is 10.0 Å². The maximum absolute atomic E-state index is 11.6. The van der Waals surface area contributed by atoms with Crippen LogP contribution in [0.25, 0.3) is 11.1 Å². The maximum atomic E-state index is 11.6. The summed E-state index contributed by atoms with van der Waals surface area (Å²) >= 11 is 0. The molecule has 0 radical (unpaired) electrons. The molecule has 0 fully saturated rings. The van der Waals surface area contributed by atoms with Crippen LogP contribution in [0.2, 0.25) is 0 Å². The van der Waals surface area contributed by atoms with Crippen molar-refractivity contribution in [3.63, 3.8) is 0 Å². The van der Waals surface area contributed by atoms with Crippen LogP contribution < -0.4 is 10.9 Å². The van der Waals surface area contributed by atoms with E-state index >= 15 is 0 Å². The standard InChI is InChI=1S/C11H14N4O2S/c1-7-8(6-15(2)14-7)11-9(12)4-3-5-10(11)18(13,16)17/h3-6H,12H2,1-2H3,(H2,13,16,17). The number of nitrogens with two attached hydrogens (primary N) is 2. The van der Waals surface area contributed by atoms with Crippen LogP contribution in [0.5, 0.6) is 0 Å². The number of nitrogens with zero attached hydrogens (tertiary/aromatic N) is 2. The summed E-state index contributed by atoms with van der Waals surface area (Å²) < 4.78 is 24.8. The molecule has 1 aromatic carbocycles. The first-order valence-electron chi connectivity index (χ1n) is 5.22. The van der Waals surface area contributed by atoms with Crippen LogP contribution >= 0.6 is 0 Å². The molecular weight excluding hydrogens is 252 g/mol. The van der Waals surface area contributed by atoms with Gasteiger partial charge in [-0.3, -0.25) is 4.68 Å². The molecule has 0 atom stereocenters. The van der Waals surface area contributed by atoms with E-state index in [0.717, 1.165) is 0 Å². The highest BCUT2D eigenvalue weighted by Gasteiger charge is 2.20. The number of aromatic nitrogens is 2. The highest BCUT2D eigenvalue weighted by atomic mass is 32.2. The van der Waals surface area contributed by atoms with Gasteiger partial charge >= 0.3 is 0 Å². The van der Waals surface area contributed by atoms with Crippen LogP contribution in [0.3, 0.4) is 0 Å². The Morgan fingerprint density at radius 3 is 2.50 bits per heavy atom. The Balaban J connectivity index is 2.83. The number of primary sulfonamides is 1. The molecule has 6 nitrogen and oxygen atoms in total. The van der Waals surface area contributed by atoms with E-state index in [2.05, 4.69) is 5.10 Å². The van der Waals surface area contributed by atoms with Crippen molar-refractivity contribution in [2.75, 3.05) is 5.73 Å². The number of hydrogen-bond acceptors (Lipinski definition) is 4. The Bertz CT molecular complexity index is 704. The first-order chi connectivity index (χ1) is 8.30. The van der Waals surface area contributed by atoms with Crippen molar-refractivity contribution in [3.8, 4) is 11.1 Å². The van der Waals surface area contributed by atoms with Gasteiger partial charge in [0.1, 0.15) is 0 Å². The van der Waals surface area contributed by atoms with Gasteiger partial charge in [0, 0.05) is 30.1 Å². The minimum Gasteiger partial charge on any atom is -0.398 e. The molecule has 2 aromatic rings. The maximum Gasteiger partial charge on any atom is 0.238 e. The first kappa shape index (κ1) is 12.6. The van der Waals surface area contributed by atoms with Crippen LogP contribution in [-0.4, -0.2) is 18.2 Å². The van der Waals surface area contributed by atoms with Crippen molar-refractivity contribution in [1.29, 1.82) is 0 Å². The predicted molar refractivity (Wildman–Crippen MR) is 69.2 cm³/mol. The largest absolute Gasteiger partial charge is 0.398 e. The highest BCUT2D eigenvalue weighted by molar-refractivity contribution is 7.89. The Hall–Kier alpha value is -1.86. The summed E-state index contributed by atoms with van der Waals surface area (Å²) in [5.41, 5.74) is 8.00. The summed E-state index contributed by atoms with van der Waals surface area (Å²) in [6.45, 7) is 1.79. The van der Waals surface area contributed by atoms with Crippen molar-refractivity contribution in [2.24, 2.45) is 12.2 Å². The van der Waals surface area contributed by atoms with E-state index in [-0.39, 0.29) is 4.90 Å². The Morgan fingerprint density at radius 2 is 2.00 bits per heavy atom. The minimum atomic E-state index is -3.83. The van der Waals surface area contributed by atoms with Crippen molar-refractivity contribution in [2.45, 2.75) is 11.8 Å². The minimum absolute atomic E-state index is 0.0126. The van der Waals surface area contributed by atoms with E-state index in [1.165, 1.54) is 6.07 Å². The Kier molecular flexibility index (Phi) is 2.88. The van der Waals surface area contributed by atoms with Crippen LogP contribution in [0.15, 0.2) is 29.3 Å². The summed E-state index contributed by atoms with van der Waals surface area (Å²) in [7, 11) is -2.07. The van der Waals surface area contributed by atoms with Gasteiger partial charge in [-0.2, -0.15) is 5.10 Å². The SMILES string of the molecule is Cc1nn(C)cc1-c1c(N)cccc1S(N)(=O)=O. The smallest absolute Gasteiger partial charge is 0.238 e. The second-order valence-corrected chi connectivity index (χ2v) is 5.60. The lowest BCUT2D eigenvalue weighted by Crippen LogP contribution is -2.14. The summed E-state index contributed by atoms with van der Waals surface area (Å²) in [5.74, 6) is 0. The zero-order valence-corrected chi connectivity index (χ0v) is 10.9. The third-order valence-electron chi connectivity index (χ3n) is 2.65. The summed E-state index contributed by atoms with van der Waals surface area (Å²) in [5, 5.41) is 9.39. The van der Waals surface area contributed by atoms with Crippen molar-refractivity contribution >= 4 is 15.7 Å². The molecule has 0 aliphatic heterocycles. The molecule has 0 saturated carbocycles. The fraction of sp³-hybridized carbons (Fsp3) is 0.182. The quantitative estimate of drug-likeness (QED) is 0.778. The predicted octanol–water partition coefficient (Wildman–Crippen LogP) is 0.625. The molecule has 0 aliphatic carbocycles. The van der Waals surface area contributed by atoms with E-state index in [1.54, 1.807) is 37.0 Å². The number of hydrogen-bond donors (Lipinski definition) is 2. The van der Waals surface area contributed by atoms with Crippen molar-refractivity contribution in [3.05, 3.63) is 30.1 Å². The average molecular weight is 266 g/mol. The van der Waals surface area contributed by atoms with E-state index in [0.29, 0.717) is 22.5 Å². The van der Waals surface area contributed by atoms with E-state index in [1.807, 2.05) is 0 Å². The normalized spacial score (nSPS) is 11.7. The molecule has 1 aromatic heterocycles. The van der Waals surface area contributed by atoms with E-state index < -0.39 is 10.0 Å². The zero-order valence-electron chi connectivity index (χ0n) is 10.1. The molecule has 96 valence electrons. The van der Waals surface area contributed by atoms with Crippen LogP contribution in [0.4, 0.5) is 5.69 Å². The number of nitrogen functional groups attached to an aromatic ring is 1. The Labute approximate surface area is 105 Å². The van der Waals surface area contributed by atoms with Gasteiger partial charge in [0.05, 0.1) is 10.6 Å². The second-order valence-electron chi connectivity index (χ2n) is 4.07. The number of anilines is 1. The molecule has 18 heavy (non-hydrogen) atoms. The summed E-state index contributed by atoms with van der Waals surface area (Å²) in [6, 6.07) is 4.63. The van der Waals surface area contributed by atoms with Crippen molar-refractivity contribution < 1.29 is 8.42 Å². The van der Waals surface area contributed by atoms with Crippen LogP contribution in [0, 0.1) is 6.92 Å². The first-order valence-corrected chi connectivity index (χ1v) is 6.77. The van der Waals surface area contributed by atoms with E-state index in [4.69, 9.17) is 10.9 Å². The molecule has 1 heterocycles. The topological polar surface area (TPSA) is 104 Å². The molecule has 7 heteroatoms. The lowest BCUT2D eigenvalue weighted by molar-refractivity contribution is 0.598. The van der Waals surface area contributed by atoms with Gasteiger partial charge in [-0.25, -0.2) is 13.6 Å². The number of benzene rings is 1. The lowest BCUT2D eigenvalue weighted by atomic mass is 10.1. The zero-order chi connectivity index (χ0) is 13.5. The molecular formula is C11H14N4O2S. The molecule has 0 bridgehead atoms. The van der Waals surface area contributed by atoms with Crippen LogP contribution in [-0.2, 0) is 17.1 Å². The third-order valence-corrected chi connectivity index (χ3v) is 3.60. The fourth-order valence-electron chi connectivity index (χ4n) is 1.92. The van der Waals surface area contributed by atoms with Gasteiger partial charge in [-0.1, -0.05) is 6.07 Å². The van der Waals surface area contributed by atoms with Gasteiger partial charge in [0.15, 0.2) is 0 Å². The molecule has 0 saturated heterocycles. The van der Waals surface area contributed by atoms with E-state index in [9.17, 15) is 8.42 Å². The monoisotopic (exact) mass is 266 g/mol. The molecule has 4 N–H and O–H groups in total. The molecule has 0 spiro atoms. The highest BCUT2D eigenvalue weighted by Crippen LogP contribution is 2.33. The fourth-order valence-corrected chi connectivity index (χ4v) is 2.70. The third kappa shape index (κ3) is 2.09. The number of aryl methyl sites for hydroxylation is 2.